The Morgan fingerprint density at radius 1 is 1.22 bits per heavy atom. The zero-order valence-corrected chi connectivity index (χ0v) is 21.3. The molecule has 1 fully saturated rings. The monoisotopic (exact) mass is 516 g/mol. The highest BCUT2D eigenvalue weighted by Gasteiger charge is 2.49. The highest BCUT2D eigenvalue weighted by atomic mass is 32.2. The molecular formula is C25H24N8O3S. The highest BCUT2D eigenvalue weighted by Crippen LogP contribution is 2.36. The average Bonchev–Trinajstić information content (AvgIpc) is 3.31. The van der Waals surface area contributed by atoms with E-state index in [0.717, 1.165) is 11.6 Å². The van der Waals surface area contributed by atoms with Crippen LogP contribution in [0.25, 0.3) is 33.5 Å². The van der Waals surface area contributed by atoms with E-state index >= 15 is 0 Å². The quantitative estimate of drug-likeness (QED) is 0.411. The van der Waals surface area contributed by atoms with Gasteiger partial charge in [-0.2, -0.15) is 14.7 Å². The summed E-state index contributed by atoms with van der Waals surface area (Å²) >= 11 is 0. The lowest BCUT2D eigenvalue weighted by Crippen LogP contribution is -2.63. The van der Waals surface area contributed by atoms with Gasteiger partial charge in [-0.3, -0.25) is 19.4 Å². The van der Waals surface area contributed by atoms with Crippen LogP contribution in [0.15, 0.2) is 48.9 Å². The molecule has 1 amide bonds. The molecule has 0 radical (unpaired) electrons. The van der Waals surface area contributed by atoms with Crippen LogP contribution in [-0.2, 0) is 20.4 Å². The molecule has 5 rings (SSSR count). The molecule has 0 atom stereocenters. The number of amides is 1. The van der Waals surface area contributed by atoms with Gasteiger partial charge in [-0.1, -0.05) is 0 Å². The number of nitrogens with zero attached hydrogens (tertiary/aromatic N) is 7. The van der Waals surface area contributed by atoms with E-state index in [9.17, 15) is 18.5 Å². The molecule has 0 saturated carbocycles. The number of aryl methyl sites for hydroxylation is 1. The SMILES string of the molecule is CC(=O)Nc1cc(-c2cc3ncccc3c(-c3ccn(C4(CC#N)CN(S(C)(=O)=O)C4)n3)n2)cnc1C. The van der Waals surface area contributed by atoms with Gasteiger partial charge in [0, 0.05) is 49.6 Å². The van der Waals surface area contributed by atoms with Crippen LogP contribution in [-0.4, -0.2) is 62.7 Å². The zero-order valence-electron chi connectivity index (χ0n) is 20.5. The van der Waals surface area contributed by atoms with Crippen molar-refractivity contribution in [2.75, 3.05) is 24.7 Å². The van der Waals surface area contributed by atoms with Crippen molar-refractivity contribution in [1.82, 2.24) is 29.0 Å². The summed E-state index contributed by atoms with van der Waals surface area (Å²) in [5.74, 6) is -0.196. The lowest BCUT2D eigenvalue weighted by atomic mass is 9.89. The van der Waals surface area contributed by atoms with E-state index in [4.69, 9.17) is 10.1 Å². The molecule has 1 saturated heterocycles. The molecule has 188 valence electrons. The molecule has 4 aromatic heterocycles. The second-order valence-electron chi connectivity index (χ2n) is 9.20. The largest absolute Gasteiger partial charge is 0.325 e. The fourth-order valence-electron chi connectivity index (χ4n) is 4.45. The lowest BCUT2D eigenvalue weighted by Gasteiger charge is -2.47. The van der Waals surface area contributed by atoms with Crippen LogP contribution in [0.1, 0.15) is 19.0 Å². The van der Waals surface area contributed by atoms with Crippen molar-refractivity contribution in [3.05, 3.63) is 54.6 Å². The van der Waals surface area contributed by atoms with Crippen LogP contribution < -0.4 is 5.32 Å². The number of nitrogens with one attached hydrogen (secondary N) is 1. The molecule has 0 unspecified atom stereocenters. The summed E-state index contributed by atoms with van der Waals surface area (Å²) in [5, 5.41) is 17.8. The van der Waals surface area contributed by atoms with E-state index in [0.29, 0.717) is 39.5 Å². The number of hydrogen-bond donors (Lipinski definition) is 1. The van der Waals surface area contributed by atoms with Gasteiger partial charge in [-0.15, -0.1) is 0 Å². The Hall–Kier alpha value is -4.21. The molecule has 1 aliphatic heterocycles. The molecule has 1 N–H and O–H groups in total. The Morgan fingerprint density at radius 2 is 2.00 bits per heavy atom. The van der Waals surface area contributed by atoms with Gasteiger partial charge in [-0.25, -0.2) is 13.4 Å². The van der Waals surface area contributed by atoms with Gasteiger partial charge in [0.25, 0.3) is 0 Å². The number of anilines is 1. The van der Waals surface area contributed by atoms with Crippen LogP contribution >= 0.6 is 0 Å². The van der Waals surface area contributed by atoms with E-state index in [2.05, 4.69) is 21.4 Å². The predicted molar refractivity (Wildman–Crippen MR) is 138 cm³/mol. The maximum Gasteiger partial charge on any atom is 0.221 e. The third-order valence-corrected chi connectivity index (χ3v) is 7.63. The molecule has 0 aromatic carbocycles. The van der Waals surface area contributed by atoms with Crippen LogP contribution in [0.2, 0.25) is 0 Å². The average molecular weight is 517 g/mol. The summed E-state index contributed by atoms with van der Waals surface area (Å²) in [6, 6.07) is 11.4. The van der Waals surface area contributed by atoms with E-state index in [1.165, 1.54) is 11.2 Å². The first kappa shape index (κ1) is 24.5. The Labute approximate surface area is 213 Å². The summed E-state index contributed by atoms with van der Waals surface area (Å²) in [4.78, 5) is 25.4. The van der Waals surface area contributed by atoms with Crippen molar-refractivity contribution in [1.29, 1.82) is 5.26 Å². The Balaban J connectivity index is 1.59. The Kier molecular flexibility index (Phi) is 5.97. The smallest absolute Gasteiger partial charge is 0.221 e. The number of fused-ring (bicyclic) bond motifs is 1. The number of sulfonamides is 1. The summed E-state index contributed by atoms with van der Waals surface area (Å²) in [6.07, 6.45) is 6.42. The highest BCUT2D eigenvalue weighted by molar-refractivity contribution is 7.88. The molecule has 0 spiro atoms. The van der Waals surface area contributed by atoms with Gasteiger partial charge in [-0.05, 0) is 37.3 Å². The topological polar surface area (TPSA) is 147 Å². The van der Waals surface area contributed by atoms with Crippen molar-refractivity contribution in [2.45, 2.75) is 25.8 Å². The fraction of sp³-hybridized carbons (Fsp3) is 0.280. The van der Waals surface area contributed by atoms with Crippen molar-refractivity contribution >= 4 is 32.5 Å². The first-order valence-corrected chi connectivity index (χ1v) is 13.3. The molecule has 37 heavy (non-hydrogen) atoms. The van der Waals surface area contributed by atoms with Gasteiger partial charge in [0.15, 0.2) is 0 Å². The van der Waals surface area contributed by atoms with Crippen LogP contribution in [0, 0.1) is 18.3 Å². The first-order valence-electron chi connectivity index (χ1n) is 11.5. The third kappa shape index (κ3) is 4.54. The minimum atomic E-state index is -3.36. The minimum absolute atomic E-state index is 0.122. The number of carbonyl (C=O) groups excluding carboxylic acids is 1. The van der Waals surface area contributed by atoms with Gasteiger partial charge in [0.2, 0.25) is 15.9 Å². The predicted octanol–water partition coefficient (Wildman–Crippen LogP) is 2.71. The van der Waals surface area contributed by atoms with Gasteiger partial charge in [0.1, 0.15) is 16.9 Å². The van der Waals surface area contributed by atoms with Crippen molar-refractivity contribution in [2.24, 2.45) is 0 Å². The second-order valence-corrected chi connectivity index (χ2v) is 11.2. The van der Waals surface area contributed by atoms with Crippen molar-refractivity contribution < 1.29 is 13.2 Å². The van der Waals surface area contributed by atoms with Crippen LogP contribution in [0.4, 0.5) is 5.69 Å². The lowest BCUT2D eigenvalue weighted by molar-refractivity contribution is -0.114. The fourth-order valence-corrected chi connectivity index (χ4v) is 5.40. The number of rotatable bonds is 6. The number of nitriles is 1. The Morgan fingerprint density at radius 3 is 2.70 bits per heavy atom. The number of hydrogen-bond acceptors (Lipinski definition) is 8. The van der Waals surface area contributed by atoms with Gasteiger partial charge < -0.3 is 5.32 Å². The third-order valence-electron chi connectivity index (χ3n) is 6.43. The number of carbonyl (C=O) groups is 1. The zero-order chi connectivity index (χ0) is 26.4. The summed E-state index contributed by atoms with van der Waals surface area (Å²) in [6.45, 7) is 3.61. The minimum Gasteiger partial charge on any atom is -0.325 e. The first-order chi connectivity index (χ1) is 17.6. The Bertz CT molecular complexity index is 1680. The van der Waals surface area contributed by atoms with Gasteiger partial charge >= 0.3 is 0 Å². The number of aromatic nitrogens is 5. The van der Waals surface area contributed by atoms with Crippen molar-refractivity contribution in [3.63, 3.8) is 0 Å². The normalized spacial score (nSPS) is 15.2. The summed E-state index contributed by atoms with van der Waals surface area (Å²) < 4.78 is 26.9. The summed E-state index contributed by atoms with van der Waals surface area (Å²) in [7, 11) is -3.36. The molecule has 0 aliphatic carbocycles. The standard InChI is InChI=1S/C25H24N8O3S/c1-16-21(29-17(2)34)11-18(13-28-16)22-12-23-19(5-4-9-27-23)24(30-22)20-6-10-33(31-20)25(7-8-26)14-32(15-25)37(3,35)36/h4-6,9-13H,7,14-15H2,1-3H3,(H,29,34). The van der Waals surface area contributed by atoms with Crippen LogP contribution in [0.5, 0.6) is 0 Å². The maximum atomic E-state index is 12.0. The van der Waals surface area contributed by atoms with E-state index in [-0.39, 0.29) is 25.4 Å². The van der Waals surface area contributed by atoms with E-state index in [1.807, 2.05) is 31.2 Å². The van der Waals surface area contributed by atoms with Gasteiger partial charge in [0.05, 0.1) is 41.3 Å². The molecule has 11 nitrogen and oxygen atoms in total. The number of pyridine rings is 3. The molecular weight excluding hydrogens is 492 g/mol. The van der Waals surface area contributed by atoms with E-state index in [1.54, 1.807) is 29.3 Å². The summed E-state index contributed by atoms with van der Waals surface area (Å²) in [5.41, 5.74) is 3.71. The van der Waals surface area contributed by atoms with Crippen molar-refractivity contribution in [3.8, 4) is 28.7 Å². The van der Waals surface area contributed by atoms with Crippen LogP contribution in [0.3, 0.4) is 0 Å². The molecule has 1 aliphatic rings. The molecule has 4 aromatic rings. The maximum absolute atomic E-state index is 12.0. The molecule has 0 bridgehead atoms. The molecule has 5 heterocycles. The van der Waals surface area contributed by atoms with E-state index < -0.39 is 15.6 Å². The molecule has 12 heteroatoms. The second kappa shape index (κ2) is 9.02.